The molecule has 0 saturated heterocycles. The predicted molar refractivity (Wildman–Crippen MR) is 66.6 cm³/mol. The van der Waals surface area contributed by atoms with Crippen molar-refractivity contribution in [2.45, 2.75) is 17.8 Å². The Hall–Kier alpha value is -2.10. The lowest BCUT2D eigenvalue weighted by Crippen LogP contribution is -2.18. The molecule has 2 aromatic carbocycles. The van der Waals surface area contributed by atoms with Crippen LogP contribution in [-0.4, -0.2) is 16.1 Å². The average molecular weight is 262 g/mol. The van der Waals surface area contributed by atoms with Gasteiger partial charge in [-0.2, -0.15) is 0 Å². The Labute approximate surface area is 108 Å². The van der Waals surface area contributed by atoms with E-state index in [0.717, 1.165) is 0 Å². The zero-order chi connectivity index (χ0) is 13.7. The summed E-state index contributed by atoms with van der Waals surface area (Å²) in [6.07, 6.45) is -0.254. The Bertz CT molecular complexity index is 558. The van der Waals surface area contributed by atoms with Crippen LogP contribution in [0.1, 0.15) is 17.5 Å². The predicted octanol–water partition coefficient (Wildman–Crippen LogP) is 3.42. The lowest BCUT2D eigenvalue weighted by atomic mass is 9.87. The molecule has 1 fully saturated rings. The van der Waals surface area contributed by atoms with Crippen LogP contribution in [0.4, 0.5) is 8.78 Å². The van der Waals surface area contributed by atoms with Crippen LogP contribution in [0.3, 0.4) is 0 Å². The number of alkyl halides is 2. The van der Waals surface area contributed by atoms with Crippen molar-refractivity contribution >= 4 is 0 Å². The van der Waals surface area contributed by atoms with Gasteiger partial charge in [0.25, 0.3) is 5.92 Å². The van der Waals surface area contributed by atoms with Gasteiger partial charge in [-0.3, -0.25) is 0 Å². The van der Waals surface area contributed by atoms with Crippen LogP contribution < -0.4 is 0 Å². The van der Waals surface area contributed by atoms with Crippen molar-refractivity contribution < 1.29 is 19.0 Å². The summed E-state index contributed by atoms with van der Waals surface area (Å²) in [5.41, 5.74) is -0.393. The molecule has 0 amide bonds. The van der Waals surface area contributed by atoms with Crippen molar-refractivity contribution in [3.05, 3.63) is 59.7 Å². The van der Waals surface area contributed by atoms with Gasteiger partial charge in [-0.05, 0) is 35.4 Å². The van der Waals surface area contributed by atoms with Gasteiger partial charge in [-0.1, -0.05) is 24.3 Å². The van der Waals surface area contributed by atoms with E-state index in [1.54, 1.807) is 0 Å². The smallest absolute Gasteiger partial charge is 0.263 e. The molecule has 0 heterocycles. The molecule has 19 heavy (non-hydrogen) atoms. The Kier molecular flexibility index (Phi) is 2.33. The van der Waals surface area contributed by atoms with Crippen molar-refractivity contribution in [2.24, 2.45) is 0 Å². The lowest BCUT2D eigenvalue weighted by Gasteiger charge is -2.17. The maximum Gasteiger partial charge on any atom is 0.263 e. The fraction of sp³-hybridized carbons (Fsp3) is 0.200. The van der Waals surface area contributed by atoms with Crippen LogP contribution in [0.15, 0.2) is 48.5 Å². The van der Waals surface area contributed by atoms with Gasteiger partial charge in [0.2, 0.25) is 0 Å². The third-order valence-electron chi connectivity index (χ3n) is 3.71. The summed E-state index contributed by atoms with van der Waals surface area (Å²) in [7, 11) is 0. The van der Waals surface area contributed by atoms with Gasteiger partial charge in [-0.25, -0.2) is 8.78 Å². The minimum absolute atomic E-state index is 0.0496. The van der Waals surface area contributed by atoms with E-state index in [2.05, 4.69) is 0 Å². The van der Waals surface area contributed by atoms with Gasteiger partial charge >= 0.3 is 0 Å². The van der Waals surface area contributed by atoms with E-state index >= 15 is 0 Å². The number of aromatic hydroxyl groups is 2. The van der Waals surface area contributed by atoms with Gasteiger partial charge in [0, 0.05) is 6.42 Å². The third-order valence-corrected chi connectivity index (χ3v) is 3.71. The maximum absolute atomic E-state index is 13.9. The summed E-state index contributed by atoms with van der Waals surface area (Å²) in [6, 6.07) is 11.7. The summed E-state index contributed by atoms with van der Waals surface area (Å²) in [5, 5.41) is 18.5. The molecule has 1 aliphatic rings. The quantitative estimate of drug-likeness (QED) is 0.870. The first-order valence-electron chi connectivity index (χ1n) is 5.93. The zero-order valence-corrected chi connectivity index (χ0v) is 9.98. The number of phenolic OH excluding ortho intramolecular Hbond substituents is 2. The molecule has 2 aromatic rings. The largest absolute Gasteiger partial charge is 0.508 e. The Balaban J connectivity index is 2.11. The molecule has 4 heteroatoms. The molecule has 2 nitrogen and oxygen atoms in total. The van der Waals surface area contributed by atoms with Crippen molar-refractivity contribution in [3.63, 3.8) is 0 Å². The van der Waals surface area contributed by atoms with E-state index < -0.39 is 11.3 Å². The molecular formula is C15H12F2O2. The van der Waals surface area contributed by atoms with Crippen LogP contribution in [0, 0.1) is 0 Å². The summed E-state index contributed by atoms with van der Waals surface area (Å²) < 4.78 is 27.8. The molecule has 0 atom stereocenters. The SMILES string of the molecule is Oc1ccc(C2(c3ccc(O)cc3)CC2(F)F)cc1. The standard InChI is InChI=1S/C15H12F2O2/c16-15(17)9-14(15,10-1-5-12(18)6-2-10)11-3-7-13(19)8-4-11/h1-8,18-19H,9H2. The fourth-order valence-electron chi connectivity index (χ4n) is 2.57. The second kappa shape index (κ2) is 3.70. The topological polar surface area (TPSA) is 40.5 Å². The molecule has 0 radical (unpaired) electrons. The van der Waals surface area contributed by atoms with E-state index in [4.69, 9.17) is 0 Å². The number of phenols is 2. The summed E-state index contributed by atoms with van der Waals surface area (Å²) >= 11 is 0. The lowest BCUT2D eigenvalue weighted by molar-refractivity contribution is 0.0966. The first-order valence-corrected chi connectivity index (χ1v) is 5.93. The van der Waals surface area contributed by atoms with Gasteiger partial charge in [0.15, 0.2) is 0 Å². The first kappa shape index (κ1) is 12.0. The number of halogens is 2. The summed E-state index contributed by atoms with van der Waals surface area (Å²) in [4.78, 5) is 0. The second-order valence-electron chi connectivity index (χ2n) is 4.88. The van der Waals surface area contributed by atoms with Crippen molar-refractivity contribution in [1.29, 1.82) is 0 Å². The summed E-state index contributed by atoms with van der Waals surface area (Å²) in [5.74, 6) is -2.71. The van der Waals surface area contributed by atoms with E-state index in [9.17, 15) is 19.0 Å². The number of benzene rings is 2. The Morgan fingerprint density at radius 3 is 1.32 bits per heavy atom. The third kappa shape index (κ3) is 1.67. The Morgan fingerprint density at radius 2 is 1.05 bits per heavy atom. The highest BCUT2D eigenvalue weighted by Crippen LogP contribution is 2.65. The molecule has 0 spiro atoms. The van der Waals surface area contributed by atoms with E-state index in [1.807, 2.05) is 0 Å². The number of hydrogen-bond donors (Lipinski definition) is 2. The van der Waals surface area contributed by atoms with Gasteiger partial charge in [0.05, 0.1) is 5.41 Å². The maximum atomic E-state index is 13.9. The van der Waals surface area contributed by atoms with E-state index in [0.29, 0.717) is 11.1 Å². The fourth-order valence-corrected chi connectivity index (χ4v) is 2.57. The van der Waals surface area contributed by atoms with Crippen LogP contribution >= 0.6 is 0 Å². The molecular weight excluding hydrogens is 250 g/mol. The first-order chi connectivity index (χ1) is 8.96. The number of hydrogen-bond acceptors (Lipinski definition) is 2. The zero-order valence-electron chi connectivity index (χ0n) is 9.98. The van der Waals surface area contributed by atoms with Gasteiger partial charge in [-0.15, -0.1) is 0 Å². The molecule has 0 aliphatic heterocycles. The highest BCUT2D eigenvalue weighted by Gasteiger charge is 2.72. The van der Waals surface area contributed by atoms with Crippen LogP contribution in [-0.2, 0) is 5.41 Å². The highest BCUT2D eigenvalue weighted by atomic mass is 19.3. The van der Waals surface area contributed by atoms with Crippen LogP contribution in [0.2, 0.25) is 0 Å². The highest BCUT2D eigenvalue weighted by molar-refractivity contribution is 5.52. The van der Waals surface area contributed by atoms with Crippen LogP contribution in [0.5, 0.6) is 11.5 Å². The molecule has 0 bridgehead atoms. The van der Waals surface area contributed by atoms with Crippen molar-refractivity contribution in [2.75, 3.05) is 0 Å². The van der Waals surface area contributed by atoms with Gasteiger partial charge in [0.1, 0.15) is 11.5 Å². The summed E-state index contributed by atoms with van der Waals surface area (Å²) in [6.45, 7) is 0. The minimum atomic E-state index is -2.80. The normalized spacial score (nSPS) is 19.1. The average Bonchev–Trinajstić information content (AvgIpc) is 2.95. The minimum Gasteiger partial charge on any atom is -0.508 e. The molecule has 3 rings (SSSR count). The number of rotatable bonds is 2. The van der Waals surface area contributed by atoms with E-state index in [-0.39, 0.29) is 17.9 Å². The second-order valence-corrected chi connectivity index (χ2v) is 4.88. The van der Waals surface area contributed by atoms with Gasteiger partial charge < -0.3 is 10.2 Å². The molecule has 0 aromatic heterocycles. The molecule has 0 unspecified atom stereocenters. The molecule has 98 valence electrons. The van der Waals surface area contributed by atoms with Crippen molar-refractivity contribution in [3.8, 4) is 11.5 Å². The van der Waals surface area contributed by atoms with Crippen LogP contribution in [0.25, 0.3) is 0 Å². The monoisotopic (exact) mass is 262 g/mol. The Morgan fingerprint density at radius 1 is 0.737 bits per heavy atom. The molecule has 2 N–H and O–H groups in total. The van der Waals surface area contributed by atoms with Crippen molar-refractivity contribution in [1.82, 2.24) is 0 Å². The van der Waals surface area contributed by atoms with E-state index in [1.165, 1.54) is 48.5 Å². The molecule has 1 saturated carbocycles. The molecule has 1 aliphatic carbocycles.